The van der Waals surface area contributed by atoms with Gasteiger partial charge in [0.15, 0.2) is 0 Å². The van der Waals surface area contributed by atoms with Crippen LogP contribution in [0.4, 0.5) is 0 Å². The van der Waals surface area contributed by atoms with E-state index in [2.05, 4.69) is 19.1 Å². The average Bonchev–Trinajstić information content (AvgIpc) is 2.52. The largest absolute Gasteiger partial charge is 0.481 e. The van der Waals surface area contributed by atoms with E-state index >= 15 is 0 Å². The van der Waals surface area contributed by atoms with Gasteiger partial charge in [-0.15, -0.1) is 0 Å². The highest BCUT2D eigenvalue weighted by atomic mass is 16.4. The van der Waals surface area contributed by atoms with Crippen molar-refractivity contribution in [2.75, 3.05) is 6.54 Å². The number of piperidine rings is 1. The average molecular weight is 303 g/mol. The molecule has 4 heteroatoms. The maximum Gasteiger partial charge on any atom is 0.303 e. The first-order chi connectivity index (χ1) is 10.6. The molecule has 1 saturated heterocycles. The number of amides is 1. The number of likely N-dealkylation sites (tertiary alicyclic amines) is 1. The topological polar surface area (TPSA) is 57.6 Å². The Bertz CT molecular complexity index is 527. The summed E-state index contributed by atoms with van der Waals surface area (Å²) in [6, 6.07) is 8.25. The Hall–Kier alpha value is -1.84. The van der Waals surface area contributed by atoms with Crippen molar-refractivity contribution in [3.05, 3.63) is 35.4 Å². The summed E-state index contributed by atoms with van der Waals surface area (Å²) in [5.41, 5.74) is 2.44. The number of benzene rings is 1. The number of carbonyl (C=O) groups excluding carboxylic acids is 1. The Balaban J connectivity index is 1.91. The minimum absolute atomic E-state index is 0.106. The Morgan fingerprint density at radius 3 is 2.73 bits per heavy atom. The summed E-state index contributed by atoms with van der Waals surface area (Å²) in [6.45, 7) is 2.84. The Morgan fingerprint density at radius 1 is 1.23 bits per heavy atom. The van der Waals surface area contributed by atoms with Crippen molar-refractivity contribution in [2.45, 2.75) is 57.9 Å². The summed E-state index contributed by atoms with van der Waals surface area (Å²) in [7, 11) is 0. The third-order valence-electron chi connectivity index (χ3n) is 4.51. The molecular formula is C18H25NO3. The molecule has 0 aromatic heterocycles. The number of hydrogen-bond acceptors (Lipinski definition) is 2. The lowest BCUT2D eigenvalue weighted by atomic mass is 9.96. The molecule has 0 spiro atoms. The Kier molecular flexibility index (Phi) is 5.99. The molecule has 1 heterocycles. The summed E-state index contributed by atoms with van der Waals surface area (Å²) in [5.74, 6) is -0.615. The van der Waals surface area contributed by atoms with Gasteiger partial charge < -0.3 is 10.0 Å². The van der Waals surface area contributed by atoms with Crippen molar-refractivity contribution in [1.29, 1.82) is 0 Å². The third-order valence-corrected chi connectivity index (χ3v) is 4.51. The van der Waals surface area contributed by atoms with Crippen LogP contribution in [-0.2, 0) is 16.0 Å². The predicted octanol–water partition coefficient (Wildman–Crippen LogP) is 3.17. The van der Waals surface area contributed by atoms with Crippen LogP contribution in [0, 0.1) is 6.92 Å². The molecule has 1 unspecified atom stereocenters. The minimum atomic E-state index is -0.780. The van der Waals surface area contributed by atoms with Gasteiger partial charge in [-0.2, -0.15) is 0 Å². The molecule has 0 bridgehead atoms. The molecule has 1 aliphatic rings. The van der Waals surface area contributed by atoms with Crippen LogP contribution in [-0.4, -0.2) is 34.5 Å². The van der Waals surface area contributed by atoms with Crippen LogP contribution in [0.25, 0.3) is 0 Å². The van der Waals surface area contributed by atoms with E-state index in [0.717, 1.165) is 32.2 Å². The zero-order chi connectivity index (χ0) is 15.9. The second-order valence-corrected chi connectivity index (χ2v) is 6.10. The van der Waals surface area contributed by atoms with Crippen LogP contribution < -0.4 is 0 Å². The van der Waals surface area contributed by atoms with E-state index in [1.165, 1.54) is 11.1 Å². The lowest BCUT2D eigenvalue weighted by molar-refractivity contribution is -0.140. The van der Waals surface area contributed by atoms with Crippen molar-refractivity contribution in [2.24, 2.45) is 0 Å². The molecule has 4 nitrogen and oxygen atoms in total. The van der Waals surface area contributed by atoms with Crippen molar-refractivity contribution >= 4 is 11.9 Å². The highest BCUT2D eigenvalue weighted by Gasteiger charge is 2.26. The third kappa shape index (κ3) is 4.58. The number of hydrogen-bond donors (Lipinski definition) is 1. The quantitative estimate of drug-likeness (QED) is 0.878. The van der Waals surface area contributed by atoms with E-state index in [1.54, 1.807) is 0 Å². The summed E-state index contributed by atoms with van der Waals surface area (Å²) in [4.78, 5) is 25.2. The molecule has 0 saturated carbocycles. The van der Waals surface area contributed by atoms with Crippen molar-refractivity contribution in [1.82, 2.24) is 4.90 Å². The number of nitrogens with zero attached hydrogens (tertiary/aromatic N) is 1. The standard InChI is InChI=1S/C18H25NO3/c1-14-6-2-3-7-15(14)9-11-17(20)19-13-5-4-8-16(19)10-12-18(21)22/h2-3,6-7,16H,4-5,8-13H2,1H3,(H,21,22). The van der Waals surface area contributed by atoms with Crippen molar-refractivity contribution < 1.29 is 14.7 Å². The molecule has 1 aromatic carbocycles. The van der Waals surface area contributed by atoms with Gasteiger partial charge in [0, 0.05) is 25.4 Å². The van der Waals surface area contributed by atoms with Gasteiger partial charge in [-0.25, -0.2) is 0 Å². The lowest BCUT2D eigenvalue weighted by Crippen LogP contribution is -2.44. The second-order valence-electron chi connectivity index (χ2n) is 6.10. The number of carboxylic acid groups (broad SMARTS) is 1. The molecule has 1 amide bonds. The van der Waals surface area contributed by atoms with Gasteiger partial charge in [-0.1, -0.05) is 24.3 Å². The highest BCUT2D eigenvalue weighted by Crippen LogP contribution is 2.22. The van der Waals surface area contributed by atoms with Crippen LogP contribution >= 0.6 is 0 Å². The number of aryl methyl sites for hydroxylation is 2. The van der Waals surface area contributed by atoms with E-state index in [0.29, 0.717) is 12.8 Å². The van der Waals surface area contributed by atoms with E-state index < -0.39 is 5.97 Å². The fraction of sp³-hybridized carbons (Fsp3) is 0.556. The highest BCUT2D eigenvalue weighted by molar-refractivity contribution is 5.77. The van der Waals surface area contributed by atoms with Gasteiger partial charge >= 0.3 is 5.97 Å². The molecule has 1 aliphatic heterocycles. The molecule has 1 fully saturated rings. The summed E-state index contributed by atoms with van der Waals surface area (Å²) >= 11 is 0. The van der Waals surface area contributed by atoms with Gasteiger partial charge in [0.05, 0.1) is 0 Å². The van der Waals surface area contributed by atoms with E-state index in [4.69, 9.17) is 5.11 Å². The molecule has 2 rings (SSSR count). The van der Waals surface area contributed by atoms with Crippen LogP contribution in [0.3, 0.4) is 0 Å². The SMILES string of the molecule is Cc1ccccc1CCC(=O)N1CCCCC1CCC(=O)O. The zero-order valence-corrected chi connectivity index (χ0v) is 13.3. The molecule has 0 radical (unpaired) electrons. The first-order valence-corrected chi connectivity index (χ1v) is 8.13. The normalized spacial score (nSPS) is 18.2. The summed E-state index contributed by atoms with van der Waals surface area (Å²) in [6.07, 6.45) is 5.04. The number of rotatable bonds is 6. The maximum atomic E-state index is 12.5. The van der Waals surface area contributed by atoms with Crippen LogP contribution in [0.15, 0.2) is 24.3 Å². The number of carbonyl (C=O) groups is 2. The summed E-state index contributed by atoms with van der Waals surface area (Å²) < 4.78 is 0. The van der Waals surface area contributed by atoms with Gasteiger partial charge in [0.1, 0.15) is 0 Å². The monoisotopic (exact) mass is 303 g/mol. The van der Waals surface area contributed by atoms with Crippen LogP contribution in [0.2, 0.25) is 0 Å². The molecule has 0 aliphatic carbocycles. The van der Waals surface area contributed by atoms with Gasteiger partial charge in [-0.3, -0.25) is 9.59 Å². The van der Waals surface area contributed by atoms with Gasteiger partial charge in [-0.05, 0) is 50.2 Å². The first-order valence-electron chi connectivity index (χ1n) is 8.13. The molecule has 1 aromatic rings. The van der Waals surface area contributed by atoms with Crippen LogP contribution in [0.5, 0.6) is 0 Å². The first kappa shape index (κ1) is 16.5. The van der Waals surface area contributed by atoms with Gasteiger partial charge in [0.2, 0.25) is 5.91 Å². The minimum Gasteiger partial charge on any atom is -0.481 e. The molecule has 22 heavy (non-hydrogen) atoms. The van der Waals surface area contributed by atoms with E-state index in [9.17, 15) is 9.59 Å². The number of aliphatic carboxylic acids is 1. The Labute approximate surface area is 132 Å². The van der Waals surface area contributed by atoms with E-state index in [1.807, 2.05) is 17.0 Å². The van der Waals surface area contributed by atoms with Crippen molar-refractivity contribution in [3.8, 4) is 0 Å². The molecule has 1 atom stereocenters. The van der Waals surface area contributed by atoms with Crippen molar-refractivity contribution in [3.63, 3.8) is 0 Å². The predicted molar refractivity (Wildman–Crippen MR) is 85.7 cm³/mol. The number of carboxylic acids is 1. The molecule has 120 valence electrons. The fourth-order valence-corrected chi connectivity index (χ4v) is 3.19. The smallest absolute Gasteiger partial charge is 0.303 e. The zero-order valence-electron chi connectivity index (χ0n) is 13.3. The maximum absolute atomic E-state index is 12.5. The molecular weight excluding hydrogens is 278 g/mol. The summed E-state index contributed by atoms with van der Waals surface area (Å²) in [5, 5.41) is 8.85. The molecule has 1 N–H and O–H groups in total. The fourth-order valence-electron chi connectivity index (χ4n) is 3.19. The Morgan fingerprint density at radius 2 is 2.00 bits per heavy atom. The van der Waals surface area contributed by atoms with E-state index in [-0.39, 0.29) is 18.4 Å². The van der Waals surface area contributed by atoms with Gasteiger partial charge in [0.25, 0.3) is 0 Å². The lowest BCUT2D eigenvalue weighted by Gasteiger charge is -2.36. The van der Waals surface area contributed by atoms with Crippen LogP contribution in [0.1, 0.15) is 49.7 Å². The second kappa shape index (κ2) is 7.97.